The summed E-state index contributed by atoms with van der Waals surface area (Å²) in [6.07, 6.45) is 4.03. The quantitative estimate of drug-likeness (QED) is 0.626. The van der Waals surface area contributed by atoms with Crippen molar-refractivity contribution in [2.24, 2.45) is 0 Å². The maximum atomic E-state index is 11.3. The van der Waals surface area contributed by atoms with Gasteiger partial charge in [0.15, 0.2) is 8.32 Å². The molecular weight excluding hydrogens is 228 g/mol. The lowest BCUT2D eigenvalue weighted by molar-refractivity contribution is -0.118. The van der Waals surface area contributed by atoms with Crippen molar-refractivity contribution in [3.05, 3.63) is 0 Å². The summed E-state index contributed by atoms with van der Waals surface area (Å²) in [5.41, 5.74) is 0. The van der Waals surface area contributed by atoms with E-state index in [1.165, 1.54) is 0 Å². The molecule has 0 aromatic rings. The summed E-state index contributed by atoms with van der Waals surface area (Å²) in [6.45, 7) is 15.1. The van der Waals surface area contributed by atoms with E-state index in [9.17, 15) is 4.79 Å². The van der Waals surface area contributed by atoms with Crippen LogP contribution in [0.25, 0.3) is 0 Å². The Balaban J connectivity index is 4.55. The normalized spacial score (nSPS) is 14.8. The number of unbranched alkanes of at least 4 members (excludes halogenated alkanes) is 1. The molecule has 17 heavy (non-hydrogen) atoms. The van der Waals surface area contributed by atoms with Crippen LogP contribution in [0.3, 0.4) is 0 Å². The van der Waals surface area contributed by atoms with E-state index in [1.807, 2.05) is 0 Å². The number of hydrogen-bond acceptors (Lipinski definition) is 2. The zero-order valence-corrected chi connectivity index (χ0v) is 13.7. The molecule has 0 N–H and O–H groups in total. The molecule has 0 heterocycles. The molecule has 0 saturated carbocycles. The van der Waals surface area contributed by atoms with Crippen LogP contribution in [0.15, 0.2) is 0 Å². The topological polar surface area (TPSA) is 26.3 Å². The van der Waals surface area contributed by atoms with Crippen molar-refractivity contribution >= 4 is 14.1 Å². The van der Waals surface area contributed by atoms with Gasteiger partial charge in [-0.1, -0.05) is 40.5 Å². The molecule has 1 unspecified atom stereocenters. The van der Waals surface area contributed by atoms with Crippen molar-refractivity contribution in [1.82, 2.24) is 0 Å². The lowest BCUT2D eigenvalue weighted by Gasteiger charge is -2.39. The van der Waals surface area contributed by atoms with Gasteiger partial charge in [-0.25, -0.2) is 0 Å². The fourth-order valence-electron chi connectivity index (χ4n) is 1.55. The number of rotatable bonds is 7. The molecular formula is C14H30O2Si. The van der Waals surface area contributed by atoms with Crippen LogP contribution in [0.1, 0.15) is 60.3 Å². The number of Topliss-reactive ketones (excluding diaryl/α,β-unsaturated/α-hetero) is 1. The second-order valence-electron chi connectivity index (χ2n) is 6.55. The van der Waals surface area contributed by atoms with Gasteiger partial charge in [-0.3, -0.25) is 4.79 Å². The Bertz CT molecular complexity index is 241. The molecule has 0 aromatic carbocycles. The Kier molecular flexibility index (Phi) is 6.63. The van der Waals surface area contributed by atoms with Crippen molar-refractivity contribution in [1.29, 1.82) is 0 Å². The largest absolute Gasteiger partial charge is 0.413 e. The van der Waals surface area contributed by atoms with Crippen LogP contribution >= 0.6 is 0 Å². The highest BCUT2D eigenvalue weighted by atomic mass is 28.4. The third kappa shape index (κ3) is 6.37. The van der Waals surface area contributed by atoms with E-state index in [0.717, 1.165) is 19.3 Å². The van der Waals surface area contributed by atoms with Gasteiger partial charge in [0.1, 0.15) is 5.78 Å². The minimum atomic E-state index is -1.74. The first kappa shape index (κ1) is 16.8. The molecule has 0 saturated heterocycles. The Morgan fingerprint density at radius 3 is 2.18 bits per heavy atom. The zero-order chi connectivity index (χ0) is 13.7. The summed E-state index contributed by atoms with van der Waals surface area (Å²) in [5.74, 6) is 0.241. The molecule has 102 valence electrons. The predicted molar refractivity (Wildman–Crippen MR) is 76.9 cm³/mol. The van der Waals surface area contributed by atoms with Crippen molar-refractivity contribution < 1.29 is 9.22 Å². The Morgan fingerprint density at radius 2 is 1.82 bits per heavy atom. The molecule has 1 atom stereocenters. The maximum Gasteiger partial charge on any atom is 0.192 e. The van der Waals surface area contributed by atoms with Crippen LogP contribution in [0, 0.1) is 0 Å². The van der Waals surface area contributed by atoms with Crippen LogP contribution in [-0.4, -0.2) is 20.2 Å². The first-order valence-electron chi connectivity index (χ1n) is 6.77. The summed E-state index contributed by atoms with van der Waals surface area (Å²) in [7, 11) is -1.74. The lowest BCUT2D eigenvalue weighted by atomic mass is 10.1. The standard InChI is InChI=1S/C14H30O2Si/c1-8-9-10-13(11-12(2)15)16-17(6,7)14(3,4)5/h13H,8-11H2,1-7H3. The maximum absolute atomic E-state index is 11.3. The van der Waals surface area contributed by atoms with E-state index in [0.29, 0.717) is 6.42 Å². The van der Waals surface area contributed by atoms with Crippen LogP contribution in [0.2, 0.25) is 18.1 Å². The van der Waals surface area contributed by atoms with Crippen LogP contribution in [0.4, 0.5) is 0 Å². The summed E-state index contributed by atoms with van der Waals surface area (Å²) in [5, 5.41) is 0.217. The van der Waals surface area contributed by atoms with E-state index < -0.39 is 8.32 Å². The highest BCUT2D eigenvalue weighted by molar-refractivity contribution is 6.74. The summed E-state index contributed by atoms with van der Waals surface area (Å²) in [6, 6.07) is 0. The number of carbonyl (C=O) groups is 1. The average Bonchev–Trinajstić information content (AvgIpc) is 2.10. The van der Waals surface area contributed by atoms with E-state index in [4.69, 9.17) is 4.43 Å². The van der Waals surface area contributed by atoms with Gasteiger partial charge in [-0.05, 0) is 31.5 Å². The summed E-state index contributed by atoms with van der Waals surface area (Å²) >= 11 is 0. The van der Waals surface area contributed by atoms with E-state index in [2.05, 4.69) is 40.8 Å². The molecule has 0 bridgehead atoms. The minimum absolute atomic E-state index is 0.133. The fourth-order valence-corrected chi connectivity index (χ4v) is 2.94. The van der Waals surface area contributed by atoms with Gasteiger partial charge in [0, 0.05) is 6.42 Å². The van der Waals surface area contributed by atoms with Crippen molar-refractivity contribution in [2.75, 3.05) is 0 Å². The van der Waals surface area contributed by atoms with Crippen molar-refractivity contribution in [2.45, 2.75) is 84.5 Å². The third-order valence-corrected chi connectivity index (χ3v) is 8.20. The van der Waals surface area contributed by atoms with E-state index in [1.54, 1.807) is 6.92 Å². The minimum Gasteiger partial charge on any atom is -0.413 e. The van der Waals surface area contributed by atoms with Crippen LogP contribution in [-0.2, 0) is 9.22 Å². The van der Waals surface area contributed by atoms with E-state index >= 15 is 0 Å². The van der Waals surface area contributed by atoms with Gasteiger partial charge in [-0.2, -0.15) is 0 Å². The van der Waals surface area contributed by atoms with Crippen LogP contribution in [0.5, 0.6) is 0 Å². The van der Waals surface area contributed by atoms with Gasteiger partial charge < -0.3 is 4.43 Å². The van der Waals surface area contributed by atoms with Gasteiger partial charge in [-0.15, -0.1) is 0 Å². The second kappa shape index (κ2) is 6.69. The SMILES string of the molecule is CCCCC(CC(C)=O)O[Si](C)(C)C(C)(C)C. The number of carbonyl (C=O) groups excluding carboxylic acids is 1. The molecule has 0 aliphatic carbocycles. The Morgan fingerprint density at radius 1 is 1.29 bits per heavy atom. The second-order valence-corrected chi connectivity index (χ2v) is 11.3. The fraction of sp³-hybridized carbons (Fsp3) is 0.929. The predicted octanol–water partition coefficient (Wildman–Crippen LogP) is 4.55. The average molecular weight is 258 g/mol. The van der Waals surface area contributed by atoms with Crippen molar-refractivity contribution in [3.8, 4) is 0 Å². The molecule has 0 radical (unpaired) electrons. The third-order valence-electron chi connectivity index (χ3n) is 3.66. The zero-order valence-electron chi connectivity index (χ0n) is 12.7. The molecule has 3 heteroatoms. The first-order chi connectivity index (χ1) is 7.60. The van der Waals surface area contributed by atoms with Crippen LogP contribution < -0.4 is 0 Å². The monoisotopic (exact) mass is 258 g/mol. The van der Waals surface area contributed by atoms with Gasteiger partial charge in [0.25, 0.3) is 0 Å². The number of ketones is 1. The molecule has 0 fully saturated rings. The van der Waals surface area contributed by atoms with Gasteiger partial charge in [0.2, 0.25) is 0 Å². The van der Waals surface area contributed by atoms with Crippen molar-refractivity contribution in [3.63, 3.8) is 0 Å². The Hall–Kier alpha value is -0.153. The molecule has 2 nitrogen and oxygen atoms in total. The van der Waals surface area contributed by atoms with E-state index in [-0.39, 0.29) is 16.9 Å². The molecule has 0 spiro atoms. The summed E-state index contributed by atoms with van der Waals surface area (Å²) in [4.78, 5) is 11.3. The first-order valence-corrected chi connectivity index (χ1v) is 9.68. The molecule has 0 aliphatic heterocycles. The highest BCUT2D eigenvalue weighted by Crippen LogP contribution is 2.38. The smallest absolute Gasteiger partial charge is 0.192 e. The van der Waals surface area contributed by atoms with Gasteiger partial charge >= 0.3 is 0 Å². The van der Waals surface area contributed by atoms with Gasteiger partial charge in [0.05, 0.1) is 6.10 Å². The molecule has 0 amide bonds. The Labute approximate surface area is 108 Å². The highest BCUT2D eigenvalue weighted by Gasteiger charge is 2.39. The number of hydrogen-bond donors (Lipinski definition) is 0. The molecule has 0 rings (SSSR count). The lowest BCUT2D eigenvalue weighted by Crippen LogP contribution is -2.44. The summed E-state index contributed by atoms with van der Waals surface area (Å²) < 4.78 is 6.33. The molecule has 0 aliphatic rings. The molecule has 0 aromatic heterocycles.